The van der Waals surface area contributed by atoms with Gasteiger partial charge in [0.2, 0.25) is 0 Å². The van der Waals surface area contributed by atoms with Crippen molar-refractivity contribution in [1.29, 1.82) is 0 Å². The molecule has 1 aliphatic heterocycles. The van der Waals surface area contributed by atoms with Crippen molar-refractivity contribution in [3.05, 3.63) is 77.9 Å². The number of amides is 2. The van der Waals surface area contributed by atoms with Crippen LogP contribution < -0.4 is 10.2 Å². The minimum absolute atomic E-state index is 0.267. The molecule has 3 aromatic rings. The standard InChI is InChI=1S/C24H22N2O4/c27-22(26-13-5-9-18-7-3-4-10-21(18)26)16-30-23(28)15-25-24(29)20-12-11-17-6-1-2-8-19(17)14-20/h1-4,6-8,10-12,14H,5,9,13,15-16H2,(H,25,29). The molecule has 1 N–H and O–H groups in total. The first kappa shape index (κ1) is 19.6. The predicted molar refractivity (Wildman–Crippen MR) is 114 cm³/mol. The first-order chi connectivity index (χ1) is 14.6. The summed E-state index contributed by atoms with van der Waals surface area (Å²) in [7, 11) is 0. The quantitative estimate of drug-likeness (QED) is 0.666. The zero-order valence-electron chi connectivity index (χ0n) is 16.5. The average Bonchev–Trinajstić information content (AvgIpc) is 2.80. The van der Waals surface area contributed by atoms with E-state index in [2.05, 4.69) is 5.32 Å². The van der Waals surface area contributed by atoms with Gasteiger partial charge in [0.15, 0.2) is 6.61 Å². The van der Waals surface area contributed by atoms with Crippen molar-refractivity contribution < 1.29 is 19.1 Å². The number of esters is 1. The van der Waals surface area contributed by atoms with E-state index in [9.17, 15) is 14.4 Å². The lowest BCUT2D eigenvalue weighted by Crippen LogP contribution is -2.39. The van der Waals surface area contributed by atoms with E-state index in [1.54, 1.807) is 17.0 Å². The van der Waals surface area contributed by atoms with Gasteiger partial charge in [-0.2, -0.15) is 0 Å². The average molecular weight is 402 g/mol. The second-order valence-corrected chi connectivity index (χ2v) is 7.18. The van der Waals surface area contributed by atoms with E-state index in [1.165, 1.54) is 0 Å². The number of fused-ring (bicyclic) bond motifs is 2. The van der Waals surface area contributed by atoms with E-state index in [4.69, 9.17) is 4.74 Å². The number of nitrogens with one attached hydrogen (secondary N) is 1. The van der Waals surface area contributed by atoms with Crippen LogP contribution in [0.3, 0.4) is 0 Å². The maximum Gasteiger partial charge on any atom is 0.325 e. The number of carbonyl (C=O) groups excluding carboxylic acids is 3. The van der Waals surface area contributed by atoms with Gasteiger partial charge in [0.25, 0.3) is 11.8 Å². The summed E-state index contributed by atoms with van der Waals surface area (Å²) in [6.07, 6.45) is 1.80. The zero-order chi connectivity index (χ0) is 20.9. The fourth-order valence-corrected chi connectivity index (χ4v) is 3.65. The molecule has 0 unspecified atom stereocenters. The summed E-state index contributed by atoms with van der Waals surface area (Å²) in [6, 6.07) is 20.8. The summed E-state index contributed by atoms with van der Waals surface area (Å²) < 4.78 is 5.08. The molecule has 0 spiro atoms. The molecule has 0 aliphatic carbocycles. The van der Waals surface area contributed by atoms with Gasteiger partial charge in [-0.15, -0.1) is 0 Å². The van der Waals surface area contributed by atoms with Crippen molar-refractivity contribution >= 4 is 34.2 Å². The highest BCUT2D eigenvalue weighted by molar-refractivity contribution is 6.00. The molecule has 0 radical (unpaired) electrons. The van der Waals surface area contributed by atoms with Gasteiger partial charge < -0.3 is 15.0 Å². The van der Waals surface area contributed by atoms with Crippen molar-refractivity contribution in [3.63, 3.8) is 0 Å². The Hall–Kier alpha value is -3.67. The van der Waals surface area contributed by atoms with E-state index < -0.39 is 5.97 Å². The number of carbonyl (C=O) groups is 3. The number of hydrogen-bond donors (Lipinski definition) is 1. The SMILES string of the molecule is O=C(CNC(=O)c1ccc2ccccc2c1)OCC(=O)N1CCCc2ccccc21. The third-order valence-electron chi connectivity index (χ3n) is 5.17. The molecule has 4 rings (SSSR count). The molecule has 1 aliphatic rings. The van der Waals surface area contributed by atoms with Crippen molar-refractivity contribution in [1.82, 2.24) is 5.32 Å². The fourth-order valence-electron chi connectivity index (χ4n) is 3.65. The number of rotatable bonds is 5. The smallest absolute Gasteiger partial charge is 0.325 e. The molecule has 30 heavy (non-hydrogen) atoms. The Kier molecular flexibility index (Phi) is 5.75. The summed E-state index contributed by atoms with van der Waals surface area (Å²) in [6.45, 7) is -0.0410. The molecular formula is C24H22N2O4. The summed E-state index contributed by atoms with van der Waals surface area (Å²) >= 11 is 0. The van der Waals surface area contributed by atoms with Crippen LogP contribution in [-0.4, -0.2) is 37.5 Å². The number of para-hydroxylation sites is 1. The lowest BCUT2D eigenvalue weighted by Gasteiger charge is -2.29. The van der Waals surface area contributed by atoms with Crippen LogP contribution in [-0.2, 0) is 20.7 Å². The van der Waals surface area contributed by atoms with Crippen LogP contribution in [0.1, 0.15) is 22.3 Å². The predicted octanol–water partition coefficient (Wildman–Crippen LogP) is 3.09. The molecule has 2 amide bonds. The van der Waals surface area contributed by atoms with Gasteiger partial charge in [0, 0.05) is 17.8 Å². The molecule has 0 fully saturated rings. The Morgan fingerprint density at radius 3 is 2.57 bits per heavy atom. The Morgan fingerprint density at radius 2 is 1.70 bits per heavy atom. The largest absolute Gasteiger partial charge is 0.454 e. The van der Waals surface area contributed by atoms with Crippen molar-refractivity contribution in [2.45, 2.75) is 12.8 Å². The molecule has 6 nitrogen and oxygen atoms in total. The Balaban J connectivity index is 1.29. The lowest BCUT2D eigenvalue weighted by atomic mass is 10.0. The number of hydrogen-bond acceptors (Lipinski definition) is 4. The summed E-state index contributed by atoms with van der Waals surface area (Å²) in [5.41, 5.74) is 2.45. The number of aryl methyl sites for hydroxylation is 1. The zero-order valence-corrected chi connectivity index (χ0v) is 16.5. The van der Waals surface area contributed by atoms with E-state index in [0.717, 1.165) is 34.9 Å². The van der Waals surface area contributed by atoms with Gasteiger partial charge in [-0.1, -0.05) is 48.5 Å². The molecule has 0 atom stereocenters. The third kappa shape index (κ3) is 4.33. The normalized spacial score (nSPS) is 12.9. The van der Waals surface area contributed by atoms with Gasteiger partial charge in [-0.05, 0) is 47.4 Å². The Labute approximate surface area is 174 Å². The van der Waals surface area contributed by atoms with Crippen LogP contribution in [0, 0.1) is 0 Å². The highest BCUT2D eigenvalue weighted by atomic mass is 16.5. The maximum absolute atomic E-state index is 12.5. The highest BCUT2D eigenvalue weighted by Crippen LogP contribution is 2.26. The first-order valence-corrected chi connectivity index (χ1v) is 9.93. The number of ether oxygens (including phenoxy) is 1. The fraction of sp³-hybridized carbons (Fsp3) is 0.208. The van der Waals surface area contributed by atoms with E-state index in [1.807, 2.05) is 54.6 Å². The van der Waals surface area contributed by atoms with Gasteiger partial charge in [0.05, 0.1) is 0 Å². The van der Waals surface area contributed by atoms with Gasteiger partial charge in [-0.3, -0.25) is 14.4 Å². The van der Waals surface area contributed by atoms with Crippen LogP contribution in [0.4, 0.5) is 5.69 Å². The summed E-state index contributed by atoms with van der Waals surface area (Å²) in [4.78, 5) is 38.5. The number of nitrogens with zero attached hydrogens (tertiary/aromatic N) is 1. The van der Waals surface area contributed by atoms with Gasteiger partial charge >= 0.3 is 5.97 Å². The third-order valence-corrected chi connectivity index (χ3v) is 5.17. The lowest BCUT2D eigenvalue weighted by molar-refractivity contribution is -0.146. The molecule has 6 heteroatoms. The summed E-state index contributed by atoms with van der Waals surface area (Å²) in [5, 5.41) is 4.52. The van der Waals surface area contributed by atoms with Crippen molar-refractivity contribution in [2.75, 3.05) is 24.6 Å². The minimum atomic E-state index is -0.650. The van der Waals surface area contributed by atoms with Crippen molar-refractivity contribution in [3.8, 4) is 0 Å². The van der Waals surface area contributed by atoms with E-state index in [-0.39, 0.29) is 25.0 Å². The minimum Gasteiger partial charge on any atom is -0.454 e. The van der Waals surface area contributed by atoms with Crippen LogP contribution in [0.2, 0.25) is 0 Å². The van der Waals surface area contributed by atoms with Crippen LogP contribution in [0.15, 0.2) is 66.7 Å². The molecule has 1 heterocycles. The van der Waals surface area contributed by atoms with Gasteiger partial charge in [-0.25, -0.2) is 0 Å². The number of anilines is 1. The van der Waals surface area contributed by atoms with E-state index >= 15 is 0 Å². The van der Waals surface area contributed by atoms with Crippen LogP contribution in [0.5, 0.6) is 0 Å². The second kappa shape index (κ2) is 8.78. The van der Waals surface area contributed by atoms with Crippen LogP contribution in [0.25, 0.3) is 10.8 Å². The van der Waals surface area contributed by atoms with Gasteiger partial charge in [0.1, 0.15) is 6.54 Å². The van der Waals surface area contributed by atoms with E-state index in [0.29, 0.717) is 12.1 Å². The Bertz CT molecular complexity index is 1110. The molecule has 0 saturated carbocycles. The molecule has 152 valence electrons. The number of benzene rings is 3. The topological polar surface area (TPSA) is 75.7 Å². The monoisotopic (exact) mass is 402 g/mol. The second-order valence-electron chi connectivity index (χ2n) is 7.18. The van der Waals surface area contributed by atoms with Crippen LogP contribution >= 0.6 is 0 Å². The molecular weight excluding hydrogens is 380 g/mol. The highest BCUT2D eigenvalue weighted by Gasteiger charge is 2.23. The van der Waals surface area contributed by atoms with Crippen molar-refractivity contribution in [2.24, 2.45) is 0 Å². The Morgan fingerprint density at radius 1 is 0.933 bits per heavy atom. The first-order valence-electron chi connectivity index (χ1n) is 9.93. The molecule has 0 bridgehead atoms. The summed E-state index contributed by atoms with van der Waals surface area (Å²) in [5.74, 6) is -1.28. The maximum atomic E-state index is 12.5. The molecule has 3 aromatic carbocycles. The molecule has 0 saturated heterocycles. The molecule has 0 aromatic heterocycles.